The minimum Gasteiger partial charge on any atom is -0.467 e. The van der Waals surface area contributed by atoms with Crippen LogP contribution >= 0.6 is 0 Å². The Kier molecular flexibility index (Phi) is 4.12. The third-order valence-corrected chi connectivity index (χ3v) is 2.59. The van der Waals surface area contributed by atoms with Gasteiger partial charge in [0.1, 0.15) is 11.6 Å². The predicted octanol–water partition coefficient (Wildman–Crippen LogP) is 2.67. The quantitative estimate of drug-likeness (QED) is 0.882. The van der Waals surface area contributed by atoms with Gasteiger partial charge in [-0.05, 0) is 36.2 Å². The van der Waals surface area contributed by atoms with Crippen molar-refractivity contribution in [2.24, 2.45) is 0 Å². The molecule has 0 saturated carbocycles. The maximum Gasteiger partial charge on any atom is 0.220 e. The van der Waals surface area contributed by atoms with Crippen molar-refractivity contribution in [3.8, 4) is 0 Å². The van der Waals surface area contributed by atoms with E-state index in [9.17, 15) is 9.18 Å². The standard InChI is InChI=1S/C14H14FNO2/c15-12-6-3-11(4-7-12)5-8-14(17)16-10-13-2-1-9-18-13/h1-4,6-7,9H,5,8,10H2,(H,16,17). The van der Waals surface area contributed by atoms with Crippen LogP contribution in [0, 0.1) is 5.82 Å². The number of hydrogen-bond donors (Lipinski definition) is 1. The molecule has 0 saturated heterocycles. The van der Waals surface area contributed by atoms with Crippen LogP contribution in [0.3, 0.4) is 0 Å². The van der Waals surface area contributed by atoms with E-state index in [1.165, 1.54) is 12.1 Å². The number of hydrogen-bond acceptors (Lipinski definition) is 2. The highest BCUT2D eigenvalue weighted by atomic mass is 19.1. The van der Waals surface area contributed by atoms with Gasteiger partial charge in [0.05, 0.1) is 12.8 Å². The van der Waals surface area contributed by atoms with Crippen LogP contribution in [0.1, 0.15) is 17.7 Å². The average Bonchev–Trinajstić information content (AvgIpc) is 2.89. The second kappa shape index (κ2) is 6.00. The summed E-state index contributed by atoms with van der Waals surface area (Å²) in [4.78, 5) is 11.6. The van der Waals surface area contributed by atoms with Gasteiger partial charge < -0.3 is 9.73 Å². The second-order valence-corrected chi connectivity index (χ2v) is 3.98. The third-order valence-electron chi connectivity index (χ3n) is 2.59. The van der Waals surface area contributed by atoms with Crippen molar-refractivity contribution in [2.75, 3.05) is 0 Å². The minimum absolute atomic E-state index is 0.0456. The van der Waals surface area contributed by atoms with Crippen LogP contribution in [0.5, 0.6) is 0 Å². The zero-order valence-electron chi connectivity index (χ0n) is 9.86. The van der Waals surface area contributed by atoms with E-state index >= 15 is 0 Å². The molecule has 2 rings (SSSR count). The normalized spacial score (nSPS) is 10.3. The Labute approximate surface area is 105 Å². The molecule has 0 fully saturated rings. The lowest BCUT2D eigenvalue weighted by molar-refractivity contribution is -0.121. The molecule has 0 unspecified atom stereocenters. The van der Waals surface area contributed by atoms with E-state index in [2.05, 4.69) is 5.32 Å². The van der Waals surface area contributed by atoms with Gasteiger partial charge in [-0.2, -0.15) is 0 Å². The molecule has 94 valence electrons. The van der Waals surface area contributed by atoms with Gasteiger partial charge in [-0.3, -0.25) is 4.79 Å². The Hall–Kier alpha value is -2.10. The summed E-state index contributed by atoms with van der Waals surface area (Å²) >= 11 is 0. The Morgan fingerprint density at radius 2 is 2.00 bits per heavy atom. The number of aryl methyl sites for hydroxylation is 1. The number of amides is 1. The molecule has 4 heteroatoms. The van der Waals surface area contributed by atoms with Gasteiger partial charge in [0.15, 0.2) is 0 Å². The van der Waals surface area contributed by atoms with Crippen molar-refractivity contribution in [1.29, 1.82) is 0 Å². The monoisotopic (exact) mass is 247 g/mol. The molecular formula is C14H14FNO2. The van der Waals surface area contributed by atoms with Crippen LogP contribution in [0.2, 0.25) is 0 Å². The number of halogens is 1. The molecule has 0 aliphatic heterocycles. The molecule has 0 aliphatic carbocycles. The first-order valence-electron chi connectivity index (χ1n) is 5.77. The molecule has 1 heterocycles. The lowest BCUT2D eigenvalue weighted by atomic mass is 10.1. The summed E-state index contributed by atoms with van der Waals surface area (Å²) in [6, 6.07) is 9.76. The summed E-state index contributed by atoms with van der Waals surface area (Å²) in [6.07, 6.45) is 2.55. The van der Waals surface area contributed by atoms with Crippen molar-refractivity contribution in [2.45, 2.75) is 19.4 Å². The smallest absolute Gasteiger partial charge is 0.220 e. The SMILES string of the molecule is O=C(CCc1ccc(F)cc1)NCc1ccco1. The number of benzene rings is 1. The third kappa shape index (κ3) is 3.73. The number of nitrogens with one attached hydrogen (secondary N) is 1. The molecule has 0 radical (unpaired) electrons. The van der Waals surface area contributed by atoms with Crippen LogP contribution in [0.4, 0.5) is 4.39 Å². The van der Waals surface area contributed by atoms with Gasteiger partial charge in [-0.15, -0.1) is 0 Å². The first kappa shape index (κ1) is 12.4. The largest absolute Gasteiger partial charge is 0.467 e. The van der Waals surface area contributed by atoms with Crippen LogP contribution < -0.4 is 5.32 Å². The second-order valence-electron chi connectivity index (χ2n) is 3.98. The van der Waals surface area contributed by atoms with Crippen molar-refractivity contribution >= 4 is 5.91 Å². The van der Waals surface area contributed by atoms with E-state index in [1.54, 1.807) is 30.5 Å². The van der Waals surface area contributed by atoms with Gasteiger partial charge in [0, 0.05) is 6.42 Å². The summed E-state index contributed by atoms with van der Waals surface area (Å²) in [6.45, 7) is 0.398. The molecular weight excluding hydrogens is 233 g/mol. The van der Waals surface area contributed by atoms with E-state index in [4.69, 9.17) is 4.42 Å². The molecule has 1 aromatic heterocycles. The Morgan fingerprint density at radius 3 is 2.67 bits per heavy atom. The number of rotatable bonds is 5. The maximum atomic E-state index is 12.7. The summed E-state index contributed by atoms with van der Waals surface area (Å²) in [5.41, 5.74) is 0.949. The van der Waals surface area contributed by atoms with E-state index in [1.807, 2.05) is 0 Å². The molecule has 1 N–H and O–H groups in total. The molecule has 2 aromatic rings. The van der Waals surface area contributed by atoms with E-state index in [-0.39, 0.29) is 11.7 Å². The first-order valence-corrected chi connectivity index (χ1v) is 5.77. The molecule has 1 amide bonds. The first-order chi connectivity index (χ1) is 8.74. The number of furan rings is 1. The van der Waals surface area contributed by atoms with E-state index in [0.29, 0.717) is 19.4 Å². The molecule has 0 bridgehead atoms. The summed E-state index contributed by atoms with van der Waals surface area (Å²) < 4.78 is 17.8. The van der Waals surface area contributed by atoms with E-state index < -0.39 is 0 Å². The molecule has 3 nitrogen and oxygen atoms in total. The highest BCUT2D eigenvalue weighted by Gasteiger charge is 2.03. The van der Waals surface area contributed by atoms with Gasteiger partial charge in [-0.25, -0.2) is 4.39 Å². The van der Waals surface area contributed by atoms with Gasteiger partial charge in [-0.1, -0.05) is 12.1 Å². The van der Waals surface area contributed by atoms with Gasteiger partial charge in [0.25, 0.3) is 0 Å². The van der Waals surface area contributed by atoms with Crippen LogP contribution in [-0.2, 0) is 17.8 Å². The Bertz CT molecular complexity index is 491. The van der Waals surface area contributed by atoms with Crippen molar-refractivity contribution in [3.05, 3.63) is 59.8 Å². The molecule has 0 aliphatic rings. The zero-order chi connectivity index (χ0) is 12.8. The molecule has 1 aromatic carbocycles. The fraction of sp³-hybridized carbons (Fsp3) is 0.214. The van der Waals surface area contributed by atoms with Crippen molar-refractivity contribution in [3.63, 3.8) is 0 Å². The lowest BCUT2D eigenvalue weighted by Crippen LogP contribution is -2.22. The molecule has 18 heavy (non-hydrogen) atoms. The summed E-state index contributed by atoms with van der Waals surface area (Å²) in [7, 11) is 0. The predicted molar refractivity (Wildman–Crippen MR) is 65.3 cm³/mol. The zero-order valence-corrected chi connectivity index (χ0v) is 9.86. The van der Waals surface area contributed by atoms with Crippen LogP contribution in [0.25, 0.3) is 0 Å². The lowest BCUT2D eigenvalue weighted by Gasteiger charge is -2.03. The van der Waals surface area contributed by atoms with Crippen molar-refractivity contribution in [1.82, 2.24) is 5.32 Å². The molecule has 0 atom stereocenters. The number of carbonyl (C=O) groups excluding carboxylic acids is 1. The Morgan fingerprint density at radius 1 is 1.22 bits per heavy atom. The molecule has 0 spiro atoms. The van der Waals surface area contributed by atoms with Crippen LogP contribution in [0.15, 0.2) is 47.1 Å². The van der Waals surface area contributed by atoms with Crippen LogP contribution in [-0.4, -0.2) is 5.91 Å². The highest BCUT2D eigenvalue weighted by molar-refractivity contribution is 5.76. The fourth-order valence-electron chi connectivity index (χ4n) is 1.60. The number of carbonyl (C=O) groups is 1. The minimum atomic E-state index is -0.263. The van der Waals surface area contributed by atoms with Crippen molar-refractivity contribution < 1.29 is 13.6 Å². The average molecular weight is 247 g/mol. The maximum absolute atomic E-state index is 12.7. The van der Waals surface area contributed by atoms with Gasteiger partial charge in [0.2, 0.25) is 5.91 Å². The summed E-state index contributed by atoms with van der Waals surface area (Å²) in [5, 5.41) is 2.76. The Balaban J connectivity index is 1.73. The van der Waals surface area contributed by atoms with E-state index in [0.717, 1.165) is 11.3 Å². The summed E-state index contributed by atoms with van der Waals surface area (Å²) in [5.74, 6) is 0.418. The topological polar surface area (TPSA) is 42.2 Å². The van der Waals surface area contributed by atoms with Gasteiger partial charge >= 0.3 is 0 Å². The fourth-order valence-corrected chi connectivity index (χ4v) is 1.60. The highest BCUT2D eigenvalue weighted by Crippen LogP contribution is 2.05.